The Morgan fingerprint density at radius 2 is 1.86 bits per heavy atom. The average Bonchev–Trinajstić information content (AvgIpc) is 3.57. The summed E-state index contributed by atoms with van der Waals surface area (Å²) < 4.78 is 21.3. The standard InChI is InChI=1S/C26H28FN5O4/c1-3-28-25(34)17-6-10-19(11-7-17)32-23(24(30-31-32)26(35)29-18-8-9-18)5-4-14-36-20-12-13-21(16(2)33)22(27)15-20/h6-7,10-13,15,18H,3-5,8-9,14H2,1-2H3,(H,28,34)(H,29,35). The van der Waals surface area contributed by atoms with E-state index >= 15 is 0 Å². The Labute approximate surface area is 208 Å². The van der Waals surface area contributed by atoms with Crippen LogP contribution in [0.4, 0.5) is 4.39 Å². The molecule has 0 spiro atoms. The van der Waals surface area contributed by atoms with Crippen LogP contribution in [-0.4, -0.2) is 51.8 Å². The fourth-order valence-electron chi connectivity index (χ4n) is 3.71. The lowest BCUT2D eigenvalue weighted by Crippen LogP contribution is -2.27. The minimum Gasteiger partial charge on any atom is -0.493 e. The largest absolute Gasteiger partial charge is 0.493 e. The number of carbonyl (C=O) groups excluding carboxylic acids is 3. The van der Waals surface area contributed by atoms with Gasteiger partial charge in [0.2, 0.25) is 0 Å². The van der Waals surface area contributed by atoms with Crippen LogP contribution in [0.5, 0.6) is 5.75 Å². The lowest BCUT2D eigenvalue weighted by Gasteiger charge is -2.11. The molecule has 0 atom stereocenters. The van der Waals surface area contributed by atoms with Gasteiger partial charge in [-0.2, -0.15) is 0 Å². The molecule has 0 radical (unpaired) electrons. The van der Waals surface area contributed by atoms with Crippen molar-refractivity contribution in [1.29, 1.82) is 0 Å². The van der Waals surface area contributed by atoms with E-state index in [0.29, 0.717) is 42.1 Å². The summed E-state index contributed by atoms with van der Waals surface area (Å²) in [6.07, 6.45) is 2.82. The molecule has 1 fully saturated rings. The number of halogens is 1. The predicted molar refractivity (Wildman–Crippen MR) is 130 cm³/mol. The number of aromatic nitrogens is 3. The van der Waals surface area contributed by atoms with Crippen LogP contribution in [0.15, 0.2) is 42.5 Å². The minimum absolute atomic E-state index is 0.0156. The van der Waals surface area contributed by atoms with Crippen molar-refractivity contribution in [2.45, 2.75) is 45.6 Å². The third kappa shape index (κ3) is 5.94. The number of carbonyl (C=O) groups is 3. The number of amides is 2. The molecule has 0 bridgehead atoms. The molecular formula is C26H28FN5O4. The number of ketones is 1. The van der Waals surface area contributed by atoms with Crippen molar-refractivity contribution in [1.82, 2.24) is 25.6 Å². The Morgan fingerprint density at radius 3 is 2.50 bits per heavy atom. The van der Waals surface area contributed by atoms with E-state index in [4.69, 9.17) is 4.74 Å². The van der Waals surface area contributed by atoms with Crippen molar-refractivity contribution < 1.29 is 23.5 Å². The van der Waals surface area contributed by atoms with Gasteiger partial charge >= 0.3 is 0 Å². The molecule has 0 unspecified atom stereocenters. The zero-order chi connectivity index (χ0) is 25.7. The van der Waals surface area contributed by atoms with Crippen LogP contribution in [0.3, 0.4) is 0 Å². The van der Waals surface area contributed by atoms with Crippen LogP contribution in [0.25, 0.3) is 5.69 Å². The van der Waals surface area contributed by atoms with Crippen molar-refractivity contribution in [2.24, 2.45) is 0 Å². The molecule has 188 valence electrons. The summed E-state index contributed by atoms with van der Waals surface area (Å²) in [5.41, 5.74) is 2.05. The van der Waals surface area contributed by atoms with Crippen LogP contribution in [-0.2, 0) is 6.42 Å². The zero-order valence-electron chi connectivity index (χ0n) is 20.2. The molecule has 2 amide bonds. The van der Waals surface area contributed by atoms with E-state index in [9.17, 15) is 18.8 Å². The van der Waals surface area contributed by atoms with E-state index in [1.807, 2.05) is 6.92 Å². The van der Waals surface area contributed by atoms with E-state index in [1.54, 1.807) is 35.0 Å². The number of rotatable bonds is 11. The van der Waals surface area contributed by atoms with E-state index in [-0.39, 0.29) is 41.5 Å². The summed E-state index contributed by atoms with van der Waals surface area (Å²) in [5.74, 6) is -1.11. The molecule has 1 saturated carbocycles. The second-order valence-electron chi connectivity index (χ2n) is 8.60. The van der Waals surface area contributed by atoms with Crippen molar-refractivity contribution in [3.63, 3.8) is 0 Å². The number of ether oxygens (including phenoxy) is 1. The molecule has 9 nitrogen and oxygen atoms in total. The highest BCUT2D eigenvalue weighted by molar-refractivity contribution is 5.95. The molecule has 0 saturated heterocycles. The maximum Gasteiger partial charge on any atom is 0.273 e. The van der Waals surface area contributed by atoms with Gasteiger partial charge in [0.1, 0.15) is 11.6 Å². The molecule has 1 heterocycles. The Morgan fingerprint density at radius 1 is 1.11 bits per heavy atom. The van der Waals surface area contributed by atoms with Gasteiger partial charge < -0.3 is 15.4 Å². The van der Waals surface area contributed by atoms with Crippen molar-refractivity contribution in [2.75, 3.05) is 13.2 Å². The van der Waals surface area contributed by atoms with Crippen LogP contribution < -0.4 is 15.4 Å². The number of nitrogens with zero attached hydrogens (tertiary/aromatic N) is 3. The first-order valence-electron chi connectivity index (χ1n) is 11.9. The second kappa shape index (κ2) is 11.1. The molecule has 1 aromatic heterocycles. The summed E-state index contributed by atoms with van der Waals surface area (Å²) in [6, 6.07) is 11.2. The molecular weight excluding hydrogens is 465 g/mol. The van der Waals surface area contributed by atoms with Gasteiger partial charge in [-0.3, -0.25) is 14.4 Å². The van der Waals surface area contributed by atoms with Gasteiger partial charge in [0.05, 0.1) is 23.6 Å². The number of Topliss-reactive ketones (excluding diaryl/α,β-unsaturated/α-hetero) is 1. The van der Waals surface area contributed by atoms with Crippen molar-refractivity contribution >= 4 is 17.6 Å². The fourth-order valence-corrected chi connectivity index (χ4v) is 3.71. The number of benzene rings is 2. The van der Waals surface area contributed by atoms with Crippen molar-refractivity contribution in [3.05, 3.63) is 70.8 Å². The van der Waals surface area contributed by atoms with Gasteiger partial charge in [-0.1, -0.05) is 5.21 Å². The maximum absolute atomic E-state index is 14.1. The summed E-state index contributed by atoms with van der Waals surface area (Å²) >= 11 is 0. The summed E-state index contributed by atoms with van der Waals surface area (Å²) in [5, 5.41) is 14.0. The van der Waals surface area contributed by atoms with Gasteiger partial charge in [0.15, 0.2) is 11.5 Å². The first-order chi connectivity index (χ1) is 17.4. The molecule has 0 aliphatic heterocycles. The smallest absolute Gasteiger partial charge is 0.273 e. The van der Waals surface area contributed by atoms with E-state index < -0.39 is 5.82 Å². The molecule has 10 heteroatoms. The minimum atomic E-state index is -0.627. The maximum atomic E-state index is 14.1. The number of hydrogen-bond acceptors (Lipinski definition) is 6. The topological polar surface area (TPSA) is 115 Å². The molecule has 2 N–H and O–H groups in total. The monoisotopic (exact) mass is 493 g/mol. The SMILES string of the molecule is CCNC(=O)c1ccc(-n2nnc(C(=O)NC3CC3)c2CCCOc2ccc(C(C)=O)c(F)c2)cc1. The highest BCUT2D eigenvalue weighted by Crippen LogP contribution is 2.22. The first kappa shape index (κ1) is 25.0. The lowest BCUT2D eigenvalue weighted by atomic mass is 10.1. The van der Waals surface area contributed by atoms with Gasteiger partial charge in [-0.15, -0.1) is 5.10 Å². The van der Waals surface area contributed by atoms with E-state index in [0.717, 1.165) is 12.8 Å². The molecule has 2 aromatic carbocycles. The highest BCUT2D eigenvalue weighted by atomic mass is 19.1. The molecule has 1 aliphatic carbocycles. The van der Waals surface area contributed by atoms with Crippen LogP contribution in [0.1, 0.15) is 70.0 Å². The number of nitrogens with one attached hydrogen (secondary N) is 2. The molecule has 1 aliphatic rings. The predicted octanol–water partition coefficient (Wildman–Crippen LogP) is 3.26. The average molecular weight is 494 g/mol. The van der Waals surface area contributed by atoms with Crippen LogP contribution in [0.2, 0.25) is 0 Å². The quantitative estimate of drug-likeness (QED) is 0.313. The van der Waals surface area contributed by atoms with Crippen molar-refractivity contribution in [3.8, 4) is 11.4 Å². The normalized spacial score (nSPS) is 12.8. The van der Waals surface area contributed by atoms with Gasteiger partial charge in [-0.25, -0.2) is 9.07 Å². The van der Waals surface area contributed by atoms with Crippen LogP contribution >= 0.6 is 0 Å². The Balaban J connectivity index is 1.48. The second-order valence-corrected chi connectivity index (χ2v) is 8.60. The van der Waals surface area contributed by atoms with Gasteiger partial charge in [-0.05, 0) is 75.9 Å². The first-order valence-corrected chi connectivity index (χ1v) is 11.9. The molecule has 4 rings (SSSR count). The fraction of sp³-hybridized carbons (Fsp3) is 0.346. The van der Waals surface area contributed by atoms with Gasteiger partial charge in [0, 0.05) is 24.2 Å². The number of hydrogen-bond donors (Lipinski definition) is 2. The molecule has 3 aromatic rings. The highest BCUT2D eigenvalue weighted by Gasteiger charge is 2.27. The summed E-state index contributed by atoms with van der Waals surface area (Å²) in [4.78, 5) is 36.3. The van der Waals surface area contributed by atoms with E-state index in [1.165, 1.54) is 19.1 Å². The lowest BCUT2D eigenvalue weighted by molar-refractivity contribution is 0.0940. The third-order valence-corrected chi connectivity index (χ3v) is 5.75. The van der Waals surface area contributed by atoms with Crippen LogP contribution in [0, 0.1) is 5.82 Å². The van der Waals surface area contributed by atoms with E-state index in [2.05, 4.69) is 20.9 Å². The third-order valence-electron chi connectivity index (χ3n) is 5.75. The zero-order valence-corrected chi connectivity index (χ0v) is 20.2. The summed E-state index contributed by atoms with van der Waals surface area (Å²) in [7, 11) is 0. The summed E-state index contributed by atoms with van der Waals surface area (Å²) in [6.45, 7) is 3.94. The Hall–Kier alpha value is -4.08. The Kier molecular flexibility index (Phi) is 7.72. The Bertz CT molecular complexity index is 1270. The molecule has 36 heavy (non-hydrogen) atoms. The van der Waals surface area contributed by atoms with Gasteiger partial charge in [0.25, 0.3) is 11.8 Å².